The van der Waals surface area contributed by atoms with E-state index >= 15 is 0 Å². The first-order valence-corrected chi connectivity index (χ1v) is 16.2. The van der Waals surface area contributed by atoms with E-state index in [2.05, 4.69) is 10.6 Å². The summed E-state index contributed by atoms with van der Waals surface area (Å²) in [6.45, 7) is 19.4. The fourth-order valence-corrected chi connectivity index (χ4v) is 5.26. The molecule has 0 aliphatic heterocycles. The van der Waals surface area contributed by atoms with Crippen molar-refractivity contribution in [2.75, 3.05) is 0 Å². The van der Waals surface area contributed by atoms with E-state index in [0.717, 1.165) is 16.7 Å². The van der Waals surface area contributed by atoms with Gasteiger partial charge < -0.3 is 30.7 Å². The SMILES string of the molecule is Cc1cc(C)cc(C(C(=O)NC(Cc2ccccc2)C(=O)OC(C)(C)C)N(C(=O)C(CCC(N)=O)NC(=O)OC(C)(C)C)C(C)(C)C)c1. The van der Waals surface area contributed by atoms with Gasteiger partial charge in [0.1, 0.15) is 29.3 Å². The Bertz CT molecular complexity index is 1430. The number of aryl methyl sites for hydroxylation is 2. The third-order valence-corrected chi connectivity index (χ3v) is 6.99. The Kier molecular flexibility index (Phi) is 13.4. The highest BCUT2D eigenvalue weighted by atomic mass is 16.6. The van der Waals surface area contributed by atoms with Crippen LogP contribution in [0.5, 0.6) is 0 Å². The van der Waals surface area contributed by atoms with Crippen LogP contribution in [0.2, 0.25) is 0 Å². The highest BCUT2D eigenvalue weighted by Gasteiger charge is 2.43. The number of hydrogen-bond donors (Lipinski definition) is 3. The second-order valence-electron chi connectivity index (χ2n) is 15.2. The lowest BCUT2D eigenvalue weighted by atomic mass is 9.92. The quantitative estimate of drug-likeness (QED) is 0.263. The molecule has 0 aliphatic rings. The van der Waals surface area contributed by atoms with Crippen molar-refractivity contribution in [3.05, 3.63) is 70.8 Å². The molecule has 11 heteroatoms. The molecule has 48 heavy (non-hydrogen) atoms. The monoisotopic (exact) mass is 666 g/mol. The van der Waals surface area contributed by atoms with E-state index in [9.17, 15) is 24.0 Å². The third kappa shape index (κ3) is 13.0. The minimum Gasteiger partial charge on any atom is -0.458 e. The molecule has 0 fully saturated rings. The summed E-state index contributed by atoms with van der Waals surface area (Å²) in [7, 11) is 0. The zero-order chi connectivity index (χ0) is 36.6. The molecular weight excluding hydrogens is 612 g/mol. The molecule has 11 nitrogen and oxygen atoms in total. The van der Waals surface area contributed by atoms with E-state index in [4.69, 9.17) is 15.2 Å². The Morgan fingerprint density at radius 3 is 1.79 bits per heavy atom. The van der Waals surface area contributed by atoms with Gasteiger partial charge in [-0.3, -0.25) is 14.4 Å². The van der Waals surface area contributed by atoms with E-state index in [0.29, 0.717) is 5.56 Å². The van der Waals surface area contributed by atoms with Gasteiger partial charge in [0, 0.05) is 18.4 Å². The van der Waals surface area contributed by atoms with Crippen molar-refractivity contribution in [1.82, 2.24) is 15.5 Å². The summed E-state index contributed by atoms with van der Waals surface area (Å²) in [5.74, 6) is -2.55. The largest absolute Gasteiger partial charge is 0.458 e. The van der Waals surface area contributed by atoms with Crippen molar-refractivity contribution in [3.63, 3.8) is 0 Å². The molecule has 0 spiro atoms. The average Bonchev–Trinajstić information content (AvgIpc) is 2.90. The molecule has 264 valence electrons. The molecule has 0 bridgehead atoms. The molecular formula is C37H54N4O7. The Morgan fingerprint density at radius 1 is 0.771 bits per heavy atom. The number of ether oxygens (including phenoxy) is 2. The average molecular weight is 667 g/mol. The predicted molar refractivity (Wildman–Crippen MR) is 185 cm³/mol. The normalized spacial score (nSPS) is 13.8. The number of benzene rings is 2. The summed E-state index contributed by atoms with van der Waals surface area (Å²) in [5.41, 5.74) is 5.77. The second-order valence-corrected chi connectivity index (χ2v) is 15.2. The Morgan fingerprint density at radius 2 is 1.31 bits per heavy atom. The minimum atomic E-state index is -1.27. The van der Waals surface area contributed by atoms with Crippen LogP contribution in [0.3, 0.4) is 0 Å². The van der Waals surface area contributed by atoms with Crippen molar-refractivity contribution in [1.29, 1.82) is 0 Å². The second kappa shape index (κ2) is 16.1. The number of esters is 1. The highest BCUT2D eigenvalue weighted by Crippen LogP contribution is 2.32. The van der Waals surface area contributed by atoms with E-state index in [-0.39, 0.29) is 19.3 Å². The van der Waals surface area contributed by atoms with Crippen molar-refractivity contribution >= 4 is 29.8 Å². The molecule has 0 heterocycles. The summed E-state index contributed by atoms with van der Waals surface area (Å²) in [4.78, 5) is 68.9. The lowest BCUT2D eigenvalue weighted by molar-refractivity contribution is -0.159. The zero-order valence-electron chi connectivity index (χ0n) is 30.4. The molecule has 2 aromatic rings. The third-order valence-electron chi connectivity index (χ3n) is 6.99. The van der Waals surface area contributed by atoms with E-state index < -0.39 is 64.7 Å². The first kappa shape index (κ1) is 39.8. The summed E-state index contributed by atoms with van der Waals surface area (Å²) in [6.07, 6.45) is -1.05. The fraction of sp³-hybridized carbons (Fsp3) is 0.541. The molecule has 0 saturated carbocycles. The molecule has 2 rings (SSSR count). The van der Waals surface area contributed by atoms with Crippen LogP contribution in [-0.4, -0.2) is 63.5 Å². The van der Waals surface area contributed by atoms with Gasteiger partial charge in [-0.2, -0.15) is 0 Å². The van der Waals surface area contributed by atoms with E-state index in [1.165, 1.54) is 4.90 Å². The van der Waals surface area contributed by atoms with Crippen LogP contribution in [0.15, 0.2) is 48.5 Å². The molecule has 0 saturated heterocycles. The number of carbonyl (C=O) groups excluding carboxylic acids is 5. The van der Waals surface area contributed by atoms with Crippen LogP contribution in [-0.2, 0) is 35.1 Å². The lowest BCUT2D eigenvalue weighted by Gasteiger charge is -2.43. The van der Waals surface area contributed by atoms with Gasteiger partial charge in [0.05, 0.1) is 0 Å². The molecule has 0 aliphatic carbocycles. The summed E-state index contributed by atoms with van der Waals surface area (Å²) in [5, 5.41) is 5.50. The number of amides is 4. The molecule has 2 aromatic carbocycles. The van der Waals surface area contributed by atoms with Crippen LogP contribution < -0.4 is 16.4 Å². The first-order valence-electron chi connectivity index (χ1n) is 16.2. The lowest BCUT2D eigenvalue weighted by Crippen LogP contribution is -2.59. The van der Waals surface area contributed by atoms with E-state index in [1.807, 2.05) is 62.4 Å². The van der Waals surface area contributed by atoms with Crippen LogP contribution in [0.1, 0.15) is 103 Å². The number of hydrogen-bond acceptors (Lipinski definition) is 7. The Balaban J connectivity index is 2.71. The van der Waals surface area contributed by atoms with Gasteiger partial charge in [-0.05, 0) is 93.7 Å². The van der Waals surface area contributed by atoms with Crippen molar-refractivity contribution in [2.45, 2.75) is 130 Å². The van der Waals surface area contributed by atoms with Gasteiger partial charge in [0.25, 0.3) is 0 Å². The van der Waals surface area contributed by atoms with Crippen LogP contribution in [0, 0.1) is 13.8 Å². The number of rotatable bonds is 12. The van der Waals surface area contributed by atoms with Crippen molar-refractivity contribution in [2.24, 2.45) is 5.73 Å². The topological polar surface area (TPSA) is 157 Å². The molecule has 4 amide bonds. The van der Waals surface area contributed by atoms with Crippen molar-refractivity contribution in [3.8, 4) is 0 Å². The number of nitrogens with two attached hydrogens (primary N) is 1. The number of nitrogens with one attached hydrogen (secondary N) is 2. The standard InChI is InChI=1S/C37H54N4O7/c1-23-19-24(2)21-26(20-23)30(31(43)39-28(33(45)47-36(6,7)8)22-25-15-13-12-14-16-25)41(35(3,4)5)32(44)27(17-18-29(38)42)40-34(46)48-37(9,10)11/h12-16,19-21,27-28,30H,17-18,22H2,1-11H3,(H2,38,42)(H,39,43)(H,40,46). The minimum absolute atomic E-state index is 0.129. The fourth-order valence-electron chi connectivity index (χ4n) is 5.26. The molecule has 3 atom stereocenters. The maximum absolute atomic E-state index is 14.6. The maximum Gasteiger partial charge on any atom is 0.408 e. The Labute approximate surface area is 285 Å². The summed E-state index contributed by atoms with van der Waals surface area (Å²) >= 11 is 0. The van der Waals surface area contributed by atoms with Gasteiger partial charge in [0.15, 0.2) is 0 Å². The van der Waals surface area contributed by atoms with Crippen molar-refractivity contribution < 1.29 is 33.4 Å². The molecule has 0 aromatic heterocycles. The van der Waals surface area contributed by atoms with Gasteiger partial charge >= 0.3 is 12.1 Å². The van der Waals surface area contributed by atoms with E-state index in [1.54, 1.807) is 62.3 Å². The number of primary amides is 1. The molecule has 3 unspecified atom stereocenters. The van der Waals surface area contributed by atoms with Gasteiger partial charge in [-0.15, -0.1) is 0 Å². The first-order chi connectivity index (χ1) is 22.0. The molecule has 4 N–H and O–H groups in total. The van der Waals surface area contributed by atoms with Gasteiger partial charge in [0.2, 0.25) is 17.7 Å². The van der Waals surface area contributed by atoms with Crippen LogP contribution >= 0.6 is 0 Å². The van der Waals surface area contributed by atoms with Gasteiger partial charge in [-0.25, -0.2) is 9.59 Å². The predicted octanol–water partition coefficient (Wildman–Crippen LogP) is 5.20. The van der Waals surface area contributed by atoms with Crippen LogP contribution in [0.25, 0.3) is 0 Å². The zero-order valence-corrected chi connectivity index (χ0v) is 30.4. The number of nitrogens with zero attached hydrogens (tertiary/aromatic N) is 1. The van der Waals surface area contributed by atoms with Gasteiger partial charge in [-0.1, -0.05) is 59.7 Å². The van der Waals surface area contributed by atoms with Crippen LogP contribution in [0.4, 0.5) is 4.79 Å². The number of carbonyl (C=O) groups is 5. The molecule has 0 radical (unpaired) electrons. The maximum atomic E-state index is 14.6. The summed E-state index contributed by atoms with van der Waals surface area (Å²) < 4.78 is 11.1. The smallest absolute Gasteiger partial charge is 0.408 e. The number of alkyl carbamates (subject to hydrolysis) is 1. The Hall–Kier alpha value is -4.41. The summed E-state index contributed by atoms with van der Waals surface area (Å²) in [6, 6.07) is 11.2. The highest BCUT2D eigenvalue weighted by molar-refractivity contribution is 5.94.